The Morgan fingerprint density at radius 3 is 2.15 bits per heavy atom. The second-order valence-electron chi connectivity index (χ2n) is 6.79. The smallest absolute Gasteiger partial charge is 0.269 e. The molecule has 0 spiro atoms. The number of rotatable bonds is 6. The van der Waals surface area contributed by atoms with Crippen molar-refractivity contribution in [3.05, 3.63) is 90.0 Å². The maximum atomic E-state index is 12.3. The highest BCUT2D eigenvalue weighted by molar-refractivity contribution is 7.80. The molecule has 0 aliphatic heterocycles. The Hall–Kier alpha value is -4.17. The van der Waals surface area contributed by atoms with E-state index >= 15 is 0 Å². The fraction of sp³-hybridized carbons (Fsp3) is 0.0800. The van der Waals surface area contributed by atoms with Crippen molar-refractivity contribution in [1.82, 2.24) is 16.2 Å². The molecule has 0 heterocycles. The van der Waals surface area contributed by atoms with Gasteiger partial charge in [0, 0.05) is 11.6 Å². The molecule has 0 radical (unpaired) electrons. The van der Waals surface area contributed by atoms with Gasteiger partial charge in [0.05, 0.1) is 14.2 Å². The van der Waals surface area contributed by atoms with Gasteiger partial charge in [0.15, 0.2) is 16.6 Å². The molecule has 0 aromatic heterocycles. The van der Waals surface area contributed by atoms with Gasteiger partial charge in [0.1, 0.15) is 0 Å². The van der Waals surface area contributed by atoms with Crippen LogP contribution in [0.4, 0.5) is 0 Å². The van der Waals surface area contributed by atoms with Gasteiger partial charge >= 0.3 is 0 Å². The Kier molecular flexibility index (Phi) is 8.15. The number of benzene rings is 3. The van der Waals surface area contributed by atoms with E-state index in [4.69, 9.17) is 21.7 Å². The molecule has 168 valence electrons. The summed E-state index contributed by atoms with van der Waals surface area (Å²) >= 11 is 5.06. The quantitative estimate of drug-likeness (QED) is 0.295. The number of carbonyl (C=O) groups is 2. The highest BCUT2D eigenvalue weighted by atomic mass is 32.1. The predicted molar refractivity (Wildman–Crippen MR) is 132 cm³/mol. The van der Waals surface area contributed by atoms with Crippen molar-refractivity contribution < 1.29 is 19.1 Å². The molecule has 3 rings (SSSR count). The lowest BCUT2D eigenvalue weighted by Crippen LogP contribution is -2.48. The summed E-state index contributed by atoms with van der Waals surface area (Å²) in [6.45, 7) is 0. The second kappa shape index (κ2) is 11.4. The van der Waals surface area contributed by atoms with Crippen LogP contribution in [0.2, 0.25) is 0 Å². The van der Waals surface area contributed by atoms with Gasteiger partial charge < -0.3 is 9.47 Å². The number of amides is 2. The number of ether oxygens (including phenoxy) is 2. The molecular formula is C25H23N3O4S. The highest BCUT2D eigenvalue weighted by Crippen LogP contribution is 2.27. The number of thiocarbonyl (C=S) groups is 1. The summed E-state index contributed by atoms with van der Waals surface area (Å²) in [5, 5.41) is 2.43. The van der Waals surface area contributed by atoms with Crippen LogP contribution in [0.1, 0.15) is 15.9 Å². The fourth-order valence-corrected chi connectivity index (χ4v) is 3.10. The monoisotopic (exact) mass is 461 g/mol. The van der Waals surface area contributed by atoms with Gasteiger partial charge in [-0.1, -0.05) is 48.5 Å². The van der Waals surface area contributed by atoms with E-state index in [1.165, 1.54) is 13.2 Å². The number of hydrogen-bond donors (Lipinski definition) is 3. The van der Waals surface area contributed by atoms with Crippen molar-refractivity contribution in [2.75, 3.05) is 14.2 Å². The number of methoxy groups -OCH3 is 2. The lowest BCUT2D eigenvalue weighted by atomic mass is 10.0. The molecule has 3 aromatic carbocycles. The van der Waals surface area contributed by atoms with Gasteiger partial charge in [-0.05, 0) is 59.2 Å². The van der Waals surface area contributed by atoms with E-state index in [1.807, 2.05) is 42.5 Å². The summed E-state index contributed by atoms with van der Waals surface area (Å²) in [5.74, 6) is 0.308. The summed E-state index contributed by atoms with van der Waals surface area (Å²) < 4.78 is 10.4. The van der Waals surface area contributed by atoms with E-state index in [0.717, 1.165) is 16.7 Å². The van der Waals surface area contributed by atoms with Crippen LogP contribution in [-0.4, -0.2) is 31.1 Å². The summed E-state index contributed by atoms with van der Waals surface area (Å²) in [7, 11) is 3.08. The van der Waals surface area contributed by atoms with Gasteiger partial charge in [-0.2, -0.15) is 0 Å². The molecule has 0 saturated heterocycles. The molecule has 0 fully saturated rings. The number of nitrogens with one attached hydrogen (secondary N) is 3. The van der Waals surface area contributed by atoms with E-state index in [1.54, 1.807) is 43.5 Å². The molecule has 2 amide bonds. The highest BCUT2D eigenvalue weighted by Gasteiger charge is 2.08. The van der Waals surface area contributed by atoms with Crippen LogP contribution in [0.25, 0.3) is 17.2 Å². The second-order valence-corrected chi connectivity index (χ2v) is 7.20. The van der Waals surface area contributed by atoms with Crippen molar-refractivity contribution in [2.45, 2.75) is 0 Å². The van der Waals surface area contributed by atoms with Gasteiger partial charge in [0.2, 0.25) is 5.91 Å². The molecule has 3 N–H and O–H groups in total. The predicted octanol–water partition coefficient (Wildman–Crippen LogP) is 3.72. The zero-order valence-corrected chi connectivity index (χ0v) is 18.9. The van der Waals surface area contributed by atoms with Crippen molar-refractivity contribution in [2.24, 2.45) is 0 Å². The van der Waals surface area contributed by atoms with Crippen molar-refractivity contribution in [3.63, 3.8) is 0 Å². The molecule has 3 aromatic rings. The van der Waals surface area contributed by atoms with Crippen LogP contribution in [-0.2, 0) is 4.79 Å². The summed E-state index contributed by atoms with van der Waals surface area (Å²) in [6, 6.07) is 22.3. The summed E-state index contributed by atoms with van der Waals surface area (Å²) in [5.41, 5.74) is 8.24. The third-order valence-electron chi connectivity index (χ3n) is 4.62. The van der Waals surface area contributed by atoms with E-state index in [2.05, 4.69) is 16.2 Å². The van der Waals surface area contributed by atoms with E-state index in [-0.39, 0.29) is 11.0 Å². The average molecular weight is 462 g/mol. The number of hydrogen-bond acceptors (Lipinski definition) is 5. The van der Waals surface area contributed by atoms with E-state index in [0.29, 0.717) is 17.1 Å². The van der Waals surface area contributed by atoms with Crippen LogP contribution >= 0.6 is 12.2 Å². The van der Waals surface area contributed by atoms with Crippen molar-refractivity contribution in [1.29, 1.82) is 0 Å². The minimum atomic E-state index is -0.455. The molecule has 0 bridgehead atoms. The number of carbonyl (C=O) groups excluding carboxylic acids is 2. The maximum Gasteiger partial charge on any atom is 0.269 e. The molecule has 0 saturated carbocycles. The first kappa shape index (κ1) is 23.5. The largest absolute Gasteiger partial charge is 0.493 e. The fourth-order valence-electron chi connectivity index (χ4n) is 2.94. The molecule has 0 atom stereocenters. The Labute approximate surface area is 197 Å². The standard InChI is InChI=1S/C25H23N3O4S/c1-31-21-14-8-17(16-22(21)32-2)9-15-23(29)26-25(33)28-27-24(30)20-12-10-19(11-13-20)18-6-4-3-5-7-18/h3-16H,1-2H3,(H,27,30)(H2,26,28,29,33)/b15-9+. The SMILES string of the molecule is COc1ccc(/C=C/C(=O)NC(=S)NNC(=O)c2ccc(-c3ccccc3)cc2)cc1OC. The zero-order valence-electron chi connectivity index (χ0n) is 18.1. The van der Waals surface area contributed by atoms with Gasteiger partial charge in [-0.3, -0.25) is 25.8 Å². The Morgan fingerprint density at radius 1 is 0.818 bits per heavy atom. The molecule has 7 nitrogen and oxygen atoms in total. The molecule has 33 heavy (non-hydrogen) atoms. The minimum Gasteiger partial charge on any atom is -0.493 e. The van der Waals surface area contributed by atoms with E-state index in [9.17, 15) is 9.59 Å². The topological polar surface area (TPSA) is 88.7 Å². The normalized spacial score (nSPS) is 10.4. The third kappa shape index (κ3) is 6.65. The van der Waals surface area contributed by atoms with Crippen LogP contribution in [0, 0.1) is 0 Å². The molecule has 0 unspecified atom stereocenters. The van der Waals surface area contributed by atoms with Crippen LogP contribution in [0.15, 0.2) is 78.9 Å². The van der Waals surface area contributed by atoms with Crippen LogP contribution < -0.4 is 25.6 Å². The first-order valence-electron chi connectivity index (χ1n) is 9.97. The molecule has 8 heteroatoms. The lowest BCUT2D eigenvalue weighted by Gasteiger charge is -2.10. The minimum absolute atomic E-state index is 0.0359. The van der Waals surface area contributed by atoms with Crippen molar-refractivity contribution >= 4 is 35.2 Å². The van der Waals surface area contributed by atoms with Gasteiger partial charge in [-0.25, -0.2) is 0 Å². The molecule has 0 aliphatic rings. The first-order valence-corrected chi connectivity index (χ1v) is 10.4. The summed E-state index contributed by atoms with van der Waals surface area (Å²) in [4.78, 5) is 24.4. The lowest BCUT2D eigenvalue weighted by molar-refractivity contribution is -0.115. The average Bonchev–Trinajstić information content (AvgIpc) is 2.86. The first-order chi connectivity index (χ1) is 16.0. The Morgan fingerprint density at radius 2 is 1.48 bits per heavy atom. The zero-order chi connectivity index (χ0) is 23.6. The number of hydrazine groups is 1. The van der Waals surface area contributed by atoms with Crippen molar-refractivity contribution in [3.8, 4) is 22.6 Å². The summed E-state index contributed by atoms with van der Waals surface area (Å²) in [6.07, 6.45) is 2.92. The third-order valence-corrected chi connectivity index (χ3v) is 4.82. The Bertz CT molecular complexity index is 1160. The maximum absolute atomic E-state index is 12.3. The van der Waals surface area contributed by atoms with Crippen LogP contribution in [0.5, 0.6) is 11.5 Å². The van der Waals surface area contributed by atoms with E-state index < -0.39 is 5.91 Å². The molecular weight excluding hydrogens is 438 g/mol. The Balaban J connectivity index is 1.49. The van der Waals surface area contributed by atoms with Crippen LogP contribution in [0.3, 0.4) is 0 Å². The van der Waals surface area contributed by atoms with Gasteiger partial charge in [0.25, 0.3) is 5.91 Å². The molecule has 0 aliphatic carbocycles. The van der Waals surface area contributed by atoms with Gasteiger partial charge in [-0.15, -0.1) is 0 Å².